The number of ketones is 1. The van der Waals surface area contributed by atoms with Crippen molar-refractivity contribution in [1.29, 1.82) is 0 Å². The van der Waals surface area contributed by atoms with Gasteiger partial charge in [-0.05, 0) is 62.4 Å². The number of carbonyl (C=O) groups excluding carboxylic acids is 1. The van der Waals surface area contributed by atoms with Crippen molar-refractivity contribution in [3.8, 4) is 5.75 Å². The molecule has 0 bridgehead atoms. The molecule has 0 atom stereocenters. The maximum absolute atomic E-state index is 11.7. The largest absolute Gasteiger partial charge is 0.494 e. The van der Waals surface area contributed by atoms with Crippen molar-refractivity contribution in [2.75, 3.05) is 17.2 Å². The van der Waals surface area contributed by atoms with Crippen LogP contribution in [0.25, 0.3) is 0 Å². The summed E-state index contributed by atoms with van der Waals surface area (Å²) in [5.74, 6) is 0.726. The van der Waals surface area contributed by atoms with Crippen molar-refractivity contribution < 1.29 is 14.5 Å². The molecule has 1 heterocycles. The average molecular weight is 393 g/mol. The number of hydrogen-bond donors (Lipinski definition) is 2. The van der Waals surface area contributed by atoms with Gasteiger partial charge in [-0.15, -0.1) is 0 Å². The predicted octanol–water partition coefficient (Wildman–Crippen LogP) is 4.47. The summed E-state index contributed by atoms with van der Waals surface area (Å²) in [7, 11) is 0. The van der Waals surface area contributed by atoms with E-state index in [2.05, 4.69) is 20.6 Å². The van der Waals surface area contributed by atoms with Crippen LogP contribution in [0.2, 0.25) is 0 Å². The number of ether oxygens (including phenoxy) is 1. The zero-order valence-corrected chi connectivity index (χ0v) is 15.9. The first-order valence-corrected chi connectivity index (χ1v) is 8.85. The number of nitrogens with one attached hydrogen (secondary N) is 2. The summed E-state index contributed by atoms with van der Waals surface area (Å²) < 4.78 is 5.39. The van der Waals surface area contributed by atoms with E-state index in [1.54, 1.807) is 48.5 Å². The fourth-order valence-electron chi connectivity index (χ4n) is 2.60. The fourth-order valence-corrected chi connectivity index (χ4v) is 2.60. The van der Waals surface area contributed by atoms with Gasteiger partial charge < -0.3 is 15.4 Å². The second-order valence-corrected chi connectivity index (χ2v) is 6.02. The second-order valence-electron chi connectivity index (χ2n) is 6.02. The van der Waals surface area contributed by atoms with Crippen LogP contribution >= 0.6 is 0 Å². The number of benzene rings is 2. The molecule has 9 heteroatoms. The monoisotopic (exact) mass is 393 g/mol. The summed E-state index contributed by atoms with van der Waals surface area (Å²) in [6.45, 7) is 3.90. The quantitative estimate of drug-likeness (QED) is 0.327. The van der Waals surface area contributed by atoms with Gasteiger partial charge in [-0.25, -0.2) is 9.97 Å². The molecule has 3 rings (SSSR count). The standard InChI is InChI=1S/C20H19N5O4/c1-3-29-17-10-8-16(9-11-17)24-20-18(25(27)28)19(21-12-22-20)23-15-6-4-14(5-7-15)13(2)26/h4-12H,3H2,1-2H3,(H2,21,22,23,24). The molecule has 1 aromatic heterocycles. The minimum Gasteiger partial charge on any atom is -0.494 e. The predicted molar refractivity (Wildman–Crippen MR) is 109 cm³/mol. The van der Waals surface area contributed by atoms with Gasteiger partial charge in [0.25, 0.3) is 0 Å². The summed E-state index contributed by atoms with van der Waals surface area (Å²) in [6.07, 6.45) is 1.23. The summed E-state index contributed by atoms with van der Waals surface area (Å²) in [4.78, 5) is 30.5. The number of aromatic nitrogens is 2. The van der Waals surface area contributed by atoms with Crippen LogP contribution in [-0.4, -0.2) is 27.3 Å². The molecule has 0 aliphatic rings. The molecule has 0 aliphatic carbocycles. The van der Waals surface area contributed by atoms with Crippen LogP contribution in [0, 0.1) is 10.1 Å². The Balaban J connectivity index is 1.87. The van der Waals surface area contributed by atoms with E-state index in [1.165, 1.54) is 13.3 Å². The maximum Gasteiger partial charge on any atom is 0.353 e. The molecule has 0 amide bonds. The molecule has 0 saturated heterocycles. The highest BCUT2D eigenvalue weighted by atomic mass is 16.6. The molecule has 2 N–H and O–H groups in total. The van der Waals surface area contributed by atoms with Crippen molar-refractivity contribution in [3.63, 3.8) is 0 Å². The van der Waals surface area contributed by atoms with Crippen LogP contribution in [0.4, 0.5) is 28.7 Å². The first-order valence-electron chi connectivity index (χ1n) is 8.85. The van der Waals surface area contributed by atoms with Gasteiger partial charge >= 0.3 is 5.69 Å². The fraction of sp³-hybridized carbons (Fsp3) is 0.150. The van der Waals surface area contributed by atoms with Crippen molar-refractivity contribution in [2.24, 2.45) is 0 Å². The van der Waals surface area contributed by atoms with Gasteiger partial charge in [0.2, 0.25) is 11.6 Å². The average Bonchev–Trinajstić information content (AvgIpc) is 2.70. The van der Waals surface area contributed by atoms with Crippen molar-refractivity contribution in [3.05, 3.63) is 70.5 Å². The molecule has 0 unspecified atom stereocenters. The smallest absolute Gasteiger partial charge is 0.353 e. The van der Waals surface area contributed by atoms with E-state index in [0.29, 0.717) is 29.3 Å². The van der Waals surface area contributed by atoms with E-state index in [0.717, 1.165) is 0 Å². The Kier molecular flexibility index (Phi) is 5.98. The van der Waals surface area contributed by atoms with Gasteiger partial charge in [0.15, 0.2) is 5.78 Å². The summed E-state index contributed by atoms with van der Waals surface area (Å²) >= 11 is 0. The third-order valence-electron chi connectivity index (χ3n) is 3.99. The molecule has 0 fully saturated rings. The number of nitrogens with zero attached hydrogens (tertiary/aromatic N) is 3. The van der Waals surface area contributed by atoms with E-state index in [-0.39, 0.29) is 23.1 Å². The maximum atomic E-state index is 11.7. The molecular formula is C20H19N5O4. The third kappa shape index (κ3) is 4.83. The van der Waals surface area contributed by atoms with Gasteiger partial charge in [0.05, 0.1) is 11.5 Å². The Morgan fingerprint density at radius 2 is 1.52 bits per heavy atom. The van der Waals surface area contributed by atoms with Gasteiger partial charge in [0.1, 0.15) is 12.1 Å². The summed E-state index contributed by atoms with van der Waals surface area (Å²) in [5, 5.41) is 17.5. The Morgan fingerprint density at radius 1 is 1.00 bits per heavy atom. The molecular weight excluding hydrogens is 374 g/mol. The SMILES string of the molecule is CCOc1ccc(Nc2ncnc(Nc3ccc(C(C)=O)cc3)c2[N+](=O)[O-])cc1. The van der Waals surface area contributed by atoms with Crippen LogP contribution in [0.5, 0.6) is 5.75 Å². The van der Waals surface area contributed by atoms with Gasteiger partial charge in [-0.2, -0.15) is 0 Å². The van der Waals surface area contributed by atoms with Crippen molar-refractivity contribution in [2.45, 2.75) is 13.8 Å². The zero-order chi connectivity index (χ0) is 20.8. The highest BCUT2D eigenvalue weighted by Gasteiger charge is 2.23. The molecule has 0 radical (unpaired) electrons. The zero-order valence-electron chi connectivity index (χ0n) is 15.9. The molecule has 29 heavy (non-hydrogen) atoms. The van der Waals surface area contributed by atoms with Gasteiger partial charge in [0, 0.05) is 16.9 Å². The number of hydrogen-bond acceptors (Lipinski definition) is 8. The first-order chi connectivity index (χ1) is 14.0. The molecule has 3 aromatic rings. The van der Waals surface area contributed by atoms with E-state index in [9.17, 15) is 14.9 Å². The van der Waals surface area contributed by atoms with Crippen LogP contribution in [0.1, 0.15) is 24.2 Å². The number of Topliss-reactive ketones (excluding diaryl/α,β-unsaturated/α-hetero) is 1. The molecule has 148 valence electrons. The minimum atomic E-state index is -0.552. The van der Waals surface area contributed by atoms with E-state index < -0.39 is 4.92 Å². The van der Waals surface area contributed by atoms with Gasteiger partial charge in [-0.1, -0.05) is 0 Å². The highest BCUT2D eigenvalue weighted by Crippen LogP contribution is 2.33. The molecule has 2 aromatic carbocycles. The lowest BCUT2D eigenvalue weighted by Crippen LogP contribution is -2.05. The van der Waals surface area contributed by atoms with E-state index in [4.69, 9.17) is 4.74 Å². The normalized spacial score (nSPS) is 10.3. The number of rotatable bonds is 8. The number of nitro groups is 1. The van der Waals surface area contributed by atoms with Crippen LogP contribution in [0.3, 0.4) is 0 Å². The second kappa shape index (κ2) is 8.79. The Labute approximate surface area is 166 Å². The summed E-state index contributed by atoms with van der Waals surface area (Å²) in [6, 6.07) is 13.6. The van der Waals surface area contributed by atoms with Crippen LogP contribution < -0.4 is 15.4 Å². The number of carbonyl (C=O) groups is 1. The third-order valence-corrected chi connectivity index (χ3v) is 3.99. The molecule has 0 aliphatic heterocycles. The topological polar surface area (TPSA) is 119 Å². The Hall–Kier alpha value is -4.01. The molecule has 0 spiro atoms. The molecule has 9 nitrogen and oxygen atoms in total. The van der Waals surface area contributed by atoms with Gasteiger partial charge in [-0.3, -0.25) is 14.9 Å². The lowest BCUT2D eigenvalue weighted by molar-refractivity contribution is -0.383. The first kappa shape index (κ1) is 19.7. The minimum absolute atomic E-state index is 0.0361. The van der Waals surface area contributed by atoms with Crippen LogP contribution in [-0.2, 0) is 0 Å². The van der Waals surface area contributed by atoms with Crippen molar-refractivity contribution >= 4 is 34.5 Å². The van der Waals surface area contributed by atoms with Crippen LogP contribution in [0.15, 0.2) is 54.9 Å². The summed E-state index contributed by atoms with van der Waals surface area (Å²) in [5.41, 5.74) is 1.43. The lowest BCUT2D eigenvalue weighted by Gasteiger charge is -2.11. The molecule has 0 saturated carbocycles. The number of anilines is 4. The highest BCUT2D eigenvalue weighted by molar-refractivity contribution is 5.94. The van der Waals surface area contributed by atoms with E-state index in [1.807, 2.05) is 6.92 Å². The Morgan fingerprint density at radius 3 is 1.97 bits per heavy atom. The van der Waals surface area contributed by atoms with E-state index >= 15 is 0 Å². The Bertz CT molecular complexity index is 1020. The lowest BCUT2D eigenvalue weighted by atomic mass is 10.1. The van der Waals surface area contributed by atoms with Crippen molar-refractivity contribution in [1.82, 2.24) is 9.97 Å².